The molecular formula is C20H25ClFN3O4. The number of ether oxygens (including phenoxy) is 1. The number of imide groups is 1. The lowest BCUT2D eigenvalue weighted by atomic mass is 9.86. The zero-order chi connectivity index (χ0) is 21.3. The molecule has 4 amide bonds. The van der Waals surface area contributed by atoms with Crippen molar-refractivity contribution in [3.8, 4) is 5.75 Å². The quantitative estimate of drug-likeness (QED) is 0.710. The highest BCUT2D eigenvalue weighted by molar-refractivity contribution is 6.32. The average Bonchev–Trinajstić information content (AvgIpc) is 2.94. The van der Waals surface area contributed by atoms with Gasteiger partial charge in [-0.15, -0.1) is 0 Å². The molecular weight excluding hydrogens is 401 g/mol. The number of nitrogens with one attached hydrogen (secondary N) is 2. The van der Waals surface area contributed by atoms with Gasteiger partial charge in [-0.2, -0.15) is 0 Å². The SMILES string of the molecule is COc1cc(C2CCN(C(=O)[C@@H](C)C[C@@]3(C)NC(=O)NC3=O)CC2)cc(F)c1Cl. The fraction of sp³-hybridized carbons (Fsp3) is 0.550. The van der Waals surface area contributed by atoms with Gasteiger partial charge in [-0.1, -0.05) is 18.5 Å². The summed E-state index contributed by atoms with van der Waals surface area (Å²) in [5.74, 6) is -1.00. The van der Waals surface area contributed by atoms with E-state index in [0.717, 1.165) is 5.56 Å². The molecule has 158 valence electrons. The Labute approximate surface area is 173 Å². The molecule has 2 aliphatic heterocycles. The molecule has 2 aliphatic rings. The summed E-state index contributed by atoms with van der Waals surface area (Å²) in [6.07, 6.45) is 1.61. The topological polar surface area (TPSA) is 87.7 Å². The number of likely N-dealkylation sites (tertiary alicyclic amines) is 1. The van der Waals surface area contributed by atoms with Crippen LogP contribution in [-0.4, -0.2) is 48.5 Å². The molecule has 7 nitrogen and oxygen atoms in total. The maximum atomic E-state index is 14.0. The highest BCUT2D eigenvalue weighted by Gasteiger charge is 2.44. The number of carbonyl (C=O) groups excluding carboxylic acids is 3. The maximum Gasteiger partial charge on any atom is 0.322 e. The lowest BCUT2D eigenvalue weighted by molar-refractivity contribution is -0.137. The maximum absolute atomic E-state index is 14.0. The Morgan fingerprint density at radius 3 is 2.59 bits per heavy atom. The number of hydrogen-bond donors (Lipinski definition) is 2. The van der Waals surface area contributed by atoms with E-state index in [1.807, 2.05) is 0 Å². The number of nitrogens with zero attached hydrogens (tertiary/aromatic N) is 1. The van der Waals surface area contributed by atoms with E-state index in [9.17, 15) is 18.8 Å². The van der Waals surface area contributed by atoms with Crippen molar-refractivity contribution in [1.82, 2.24) is 15.5 Å². The summed E-state index contributed by atoms with van der Waals surface area (Å²) in [6.45, 7) is 4.45. The summed E-state index contributed by atoms with van der Waals surface area (Å²) in [5.41, 5.74) is -0.274. The van der Waals surface area contributed by atoms with E-state index < -0.39 is 29.2 Å². The van der Waals surface area contributed by atoms with Crippen LogP contribution in [0, 0.1) is 11.7 Å². The van der Waals surface area contributed by atoms with Crippen LogP contribution in [0.15, 0.2) is 12.1 Å². The molecule has 2 fully saturated rings. The van der Waals surface area contributed by atoms with E-state index in [4.69, 9.17) is 16.3 Å². The van der Waals surface area contributed by atoms with Crippen LogP contribution in [0.2, 0.25) is 5.02 Å². The summed E-state index contributed by atoms with van der Waals surface area (Å²) in [5, 5.41) is 4.77. The first-order valence-corrected chi connectivity index (χ1v) is 9.97. The van der Waals surface area contributed by atoms with Gasteiger partial charge in [0.05, 0.1) is 7.11 Å². The van der Waals surface area contributed by atoms with E-state index in [2.05, 4.69) is 10.6 Å². The second-order valence-electron chi connectivity index (χ2n) is 7.96. The Hall–Kier alpha value is -2.35. The van der Waals surface area contributed by atoms with Crippen molar-refractivity contribution in [2.24, 2.45) is 5.92 Å². The molecule has 0 aliphatic carbocycles. The normalized spacial score (nSPS) is 23.6. The van der Waals surface area contributed by atoms with E-state index in [1.54, 1.807) is 24.8 Å². The Morgan fingerprint density at radius 2 is 2.03 bits per heavy atom. The van der Waals surface area contributed by atoms with E-state index in [-0.39, 0.29) is 23.3 Å². The van der Waals surface area contributed by atoms with Gasteiger partial charge < -0.3 is 15.0 Å². The van der Waals surface area contributed by atoms with Crippen LogP contribution < -0.4 is 15.4 Å². The minimum Gasteiger partial charge on any atom is -0.495 e. The molecule has 0 unspecified atom stereocenters. The summed E-state index contributed by atoms with van der Waals surface area (Å²) >= 11 is 5.90. The molecule has 2 saturated heterocycles. The van der Waals surface area contributed by atoms with E-state index in [1.165, 1.54) is 13.2 Å². The number of carbonyl (C=O) groups is 3. The number of piperidine rings is 1. The van der Waals surface area contributed by atoms with Gasteiger partial charge in [0, 0.05) is 19.0 Å². The van der Waals surface area contributed by atoms with Gasteiger partial charge in [-0.05, 0) is 49.8 Å². The molecule has 2 N–H and O–H groups in total. The first kappa shape index (κ1) is 21.4. The summed E-state index contributed by atoms with van der Waals surface area (Å²) in [7, 11) is 1.45. The molecule has 2 heterocycles. The van der Waals surface area contributed by atoms with Crippen molar-refractivity contribution in [3.63, 3.8) is 0 Å². The first-order chi connectivity index (χ1) is 13.6. The standard InChI is InChI=1S/C20H25ClFN3O4/c1-11(10-20(2)18(27)23-19(28)24-20)17(26)25-6-4-12(5-7-25)13-8-14(22)16(21)15(9-13)29-3/h8-9,11-12H,4-7,10H2,1-3H3,(H2,23,24,27,28)/t11-,20+/m0/s1. The number of benzene rings is 1. The fourth-order valence-corrected chi connectivity index (χ4v) is 4.32. The molecule has 0 spiro atoms. The third-order valence-corrected chi connectivity index (χ3v) is 6.14. The zero-order valence-electron chi connectivity index (χ0n) is 16.7. The summed E-state index contributed by atoms with van der Waals surface area (Å²) < 4.78 is 19.2. The summed E-state index contributed by atoms with van der Waals surface area (Å²) in [4.78, 5) is 38.0. The third kappa shape index (κ3) is 4.32. The number of urea groups is 1. The fourth-order valence-electron chi connectivity index (χ4n) is 4.14. The van der Waals surface area contributed by atoms with Gasteiger partial charge in [0.1, 0.15) is 22.1 Å². The molecule has 1 aromatic rings. The van der Waals surface area contributed by atoms with Crippen LogP contribution in [0.1, 0.15) is 44.6 Å². The van der Waals surface area contributed by atoms with E-state index >= 15 is 0 Å². The van der Waals surface area contributed by atoms with Crippen molar-refractivity contribution in [2.45, 2.75) is 44.6 Å². The van der Waals surface area contributed by atoms with Gasteiger partial charge in [0.15, 0.2) is 0 Å². The smallest absolute Gasteiger partial charge is 0.322 e. The predicted octanol–water partition coefficient (Wildman–Crippen LogP) is 2.82. The van der Waals surface area contributed by atoms with Crippen molar-refractivity contribution in [2.75, 3.05) is 20.2 Å². The highest BCUT2D eigenvalue weighted by Crippen LogP contribution is 2.36. The minimum atomic E-state index is -1.08. The number of rotatable bonds is 5. The van der Waals surface area contributed by atoms with Crippen LogP contribution in [-0.2, 0) is 9.59 Å². The lowest BCUT2D eigenvalue weighted by Gasteiger charge is -2.35. The number of halogens is 2. The Balaban J connectivity index is 1.60. The van der Waals surface area contributed by atoms with Gasteiger partial charge >= 0.3 is 6.03 Å². The van der Waals surface area contributed by atoms with Gasteiger partial charge in [-0.25, -0.2) is 9.18 Å². The molecule has 3 rings (SSSR count). The van der Waals surface area contributed by atoms with Crippen LogP contribution >= 0.6 is 11.6 Å². The Morgan fingerprint density at radius 1 is 1.38 bits per heavy atom. The molecule has 1 aromatic carbocycles. The van der Waals surface area contributed by atoms with Crippen molar-refractivity contribution >= 4 is 29.4 Å². The van der Waals surface area contributed by atoms with Crippen molar-refractivity contribution in [3.05, 3.63) is 28.5 Å². The van der Waals surface area contributed by atoms with E-state index in [0.29, 0.717) is 31.7 Å². The monoisotopic (exact) mass is 425 g/mol. The molecule has 0 saturated carbocycles. The lowest BCUT2D eigenvalue weighted by Crippen LogP contribution is -2.48. The van der Waals surface area contributed by atoms with Crippen LogP contribution in [0.25, 0.3) is 0 Å². The van der Waals surface area contributed by atoms with Gasteiger partial charge in [0.25, 0.3) is 5.91 Å². The summed E-state index contributed by atoms with van der Waals surface area (Å²) in [6, 6.07) is 2.64. The first-order valence-electron chi connectivity index (χ1n) is 9.60. The zero-order valence-corrected chi connectivity index (χ0v) is 17.4. The number of methoxy groups -OCH3 is 1. The largest absolute Gasteiger partial charge is 0.495 e. The molecule has 0 radical (unpaired) electrons. The molecule has 2 atom stereocenters. The molecule has 9 heteroatoms. The third-order valence-electron chi connectivity index (χ3n) is 5.77. The second-order valence-corrected chi connectivity index (χ2v) is 8.34. The Bertz CT molecular complexity index is 841. The number of hydrogen-bond acceptors (Lipinski definition) is 4. The Kier molecular flexibility index (Phi) is 6.03. The highest BCUT2D eigenvalue weighted by atomic mass is 35.5. The van der Waals surface area contributed by atoms with Crippen molar-refractivity contribution in [1.29, 1.82) is 0 Å². The van der Waals surface area contributed by atoms with Crippen LogP contribution in [0.4, 0.5) is 9.18 Å². The predicted molar refractivity (Wildman–Crippen MR) is 105 cm³/mol. The molecule has 29 heavy (non-hydrogen) atoms. The van der Waals surface area contributed by atoms with Gasteiger partial charge in [0.2, 0.25) is 5.91 Å². The van der Waals surface area contributed by atoms with Gasteiger partial charge in [-0.3, -0.25) is 14.9 Å². The number of amides is 4. The molecule has 0 aromatic heterocycles. The molecule has 0 bridgehead atoms. The van der Waals surface area contributed by atoms with Crippen molar-refractivity contribution < 1.29 is 23.5 Å². The average molecular weight is 426 g/mol. The van der Waals surface area contributed by atoms with Crippen LogP contribution in [0.5, 0.6) is 5.75 Å². The second kappa shape index (κ2) is 8.18. The minimum absolute atomic E-state index is 0.0331. The van der Waals surface area contributed by atoms with Crippen LogP contribution in [0.3, 0.4) is 0 Å².